The second-order valence-electron chi connectivity index (χ2n) is 5.69. The van der Waals surface area contributed by atoms with Crippen molar-refractivity contribution in [1.82, 2.24) is 16.0 Å². The Morgan fingerprint density at radius 2 is 1.58 bits per heavy atom. The van der Waals surface area contributed by atoms with Gasteiger partial charge in [0, 0.05) is 6.42 Å². The van der Waals surface area contributed by atoms with E-state index in [0.717, 1.165) is 0 Å². The summed E-state index contributed by atoms with van der Waals surface area (Å²) in [7, 11) is 0. The standard InChI is InChI=1S/C14H25N5O7/c1-6(15)12(24)19-11(7(2)20)14(26)18-8(3-4-9(16)21)13(25)17-5-10(22)23/h6-8,11,20H,3-5,15H2,1-2H3,(H2,16,21)(H,17,25)(H,18,26)(H,19,24)(H,22,23). The zero-order valence-electron chi connectivity index (χ0n) is 14.5. The van der Waals surface area contributed by atoms with Gasteiger partial charge in [-0.25, -0.2) is 0 Å². The summed E-state index contributed by atoms with van der Waals surface area (Å²) in [6.45, 7) is 1.93. The number of aliphatic hydroxyl groups excluding tert-OH is 1. The summed E-state index contributed by atoms with van der Waals surface area (Å²) in [6.07, 6.45) is -1.76. The van der Waals surface area contributed by atoms with Gasteiger partial charge in [-0.1, -0.05) is 0 Å². The Morgan fingerprint density at radius 1 is 1.00 bits per heavy atom. The molecule has 0 heterocycles. The molecule has 4 atom stereocenters. The number of amides is 4. The molecule has 0 rings (SSSR count). The molecule has 0 saturated carbocycles. The summed E-state index contributed by atoms with van der Waals surface area (Å²) in [5.74, 6) is -4.49. The van der Waals surface area contributed by atoms with Gasteiger partial charge in [-0.3, -0.25) is 24.0 Å². The van der Waals surface area contributed by atoms with Gasteiger partial charge < -0.3 is 37.6 Å². The van der Waals surface area contributed by atoms with Gasteiger partial charge in [0.1, 0.15) is 18.6 Å². The molecule has 0 aliphatic rings. The van der Waals surface area contributed by atoms with Gasteiger partial charge in [0.15, 0.2) is 0 Å². The number of hydrogen-bond donors (Lipinski definition) is 7. The number of aliphatic hydroxyl groups is 1. The Kier molecular flexibility index (Phi) is 9.84. The van der Waals surface area contributed by atoms with Crippen LogP contribution in [0.1, 0.15) is 26.7 Å². The number of carboxylic acid groups (broad SMARTS) is 1. The molecule has 0 spiro atoms. The van der Waals surface area contributed by atoms with Crippen molar-refractivity contribution in [2.75, 3.05) is 6.54 Å². The first-order valence-electron chi connectivity index (χ1n) is 7.77. The van der Waals surface area contributed by atoms with Crippen molar-refractivity contribution in [1.29, 1.82) is 0 Å². The molecule has 12 heteroatoms. The monoisotopic (exact) mass is 375 g/mol. The number of carbonyl (C=O) groups excluding carboxylic acids is 4. The van der Waals surface area contributed by atoms with Gasteiger partial charge in [0.05, 0.1) is 12.1 Å². The number of rotatable bonds is 11. The predicted octanol–water partition coefficient (Wildman–Crippen LogP) is -3.85. The van der Waals surface area contributed by atoms with E-state index in [1.807, 2.05) is 0 Å². The number of nitrogens with one attached hydrogen (secondary N) is 3. The molecule has 0 fully saturated rings. The topological polar surface area (TPSA) is 214 Å². The van der Waals surface area contributed by atoms with Crippen LogP contribution in [0.15, 0.2) is 0 Å². The summed E-state index contributed by atoms with van der Waals surface area (Å²) >= 11 is 0. The van der Waals surface area contributed by atoms with Crippen LogP contribution in [0.5, 0.6) is 0 Å². The minimum Gasteiger partial charge on any atom is -0.480 e. The lowest BCUT2D eigenvalue weighted by molar-refractivity contribution is -0.139. The first-order valence-corrected chi connectivity index (χ1v) is 7.77. The summed E-state index contributed by atoms with van der Waals surface area (Å²) < 4.78 is 0. The molecule has 9 N–H and O–H groups in total. The molecule has 0 bridgehead atoms. The smallest absolute Gasteiger partial charge is 0.322 e. The van der Waals surface area contributed by atoms with Gasteiger partial charge in [-0.2, -0.15) is 0 Å². The molecule has 4 unspecified atom stereocenters. The molecular weight excluding hydrogens is 350 g/mol. The number of aliphatic carboxylic acids is 1. The van der Waals surface area contributed by atoms with E-state index in [1.54, 1.807) is 0 Å². The van der Waals surface area contributed by atoms with E-state index in [2.05, 4.69) is 16.0 Å². The van der Waals surface area contributed by atoms with Crippen LogP contribution in [0, 0.1) is 0 Å². The average Bonchev–Trinajstić information content (AvgIpc) is 2.52. The summed E-state index contributed by atoms with van der Waals surface area (Å²) in [5, 5.41) is 24.8. The number of primary amides is 1. The normalized spacial score (nSPS) is 15.1. The average molecular weight is 375 g/mol. The molecule has 0 aromatic rings. The molecule has 148 valence electrons. The van der Waals surface area contributed by atoms with Crippen molar-refractivity contribution in [3.63, 3.8) is 0 Å². The largest absolute Gasteiger partial charge is 0.480 e. The van der Waals surface area contributed by atoms with Crippen LogP contribution in [-0.2, 0) is 24.0 Å². The SMILES string of the molecule is CC(N)C(=O)NC(C(=O)NC(CCC(N)=O)C(=O)NCC(=O)O)C(C)O. The van der Waals surface area contributed by atoms with Gasteiger partial charge in [0.2, 0.25) is 23.6 Å². The van der Waals surface area contributed by atoms with Crippen molar-refractivity contribution < 1.29 is 34.2 Å². The van der Waals surface area contributed by atoms with E-state index in [4.69, 9.17) is 16.6 Å². The van der Waals surface area contributed by atoms with E-state index >= 15 is 0 Å². The molecule has 0 aliphatic heterocycles. The summed E-state index contributed by atoms with van der Waals surface area (Å²) in [4.78, 5) is 57.4. The van der Waals surface area contributed by atoms with Crippen molar-refractivity contribution in [3.8, 4) is 0 Å². The maximum absolute atomic E-state index is 12.3. The van der Waals surface area contributed by atoms with Crippen LogP contribution >= 0.6 is 0 Å². The molecule has 12 nitrogen and oxygen atoms in total. The van der Waals surface area contributed by atoms with E-state index in [9.17, 15) is 29.1 Å². The highest BCUT2D eigenvalue weighted by molar-refractivity contribution is 5.94. The van der Waals surface area contributed by atoms with Crippen LogP contribution in [0.25, 0.3) is 0 Å². The molecular formula is C14H25N5O7. The van der Waals surface area contributed by atoms with Crippen molar-refractivity contribution in [2.24, 2.45) is 11.5 Å². The molecule has 26 heavy (non-hydrogen) atoms. The third-order valence-corrected chi connectivity index (χ3v) is 3.20. The molecule has 0 saturated heterocycles. The number of carboxylic acids is 1. The second kappa shape index (κ2) is 11.0. The Bertz CT molecular complexity index is 550. The van der Waals surface area contributed by atoms with Crippen molar-refractivity contribution in [2.45, 2.75) is 50.9 Å². The van der Waals surface area contributed by atoms with Gasteiger partial charge in [0.25, 0.3) is 0 Å². The van der Waals surface area contributed by atoms with Crippen LogP contribution in [-0.4, -0.2) is 70.6 Å². The zero-order valence-corrected chi connectivity index (χ0v) is 14.5. The van der Waals surface area contributed by atoms with Crippen LogP contribution in [0.2, 0.25) is 0 Å². The molecule has 0 radical (unpaired) electrons. The van der Waals surface area contributed by atoms with E-state index in [-0.39, 0.29) is 12.8 Å². The van der Waals surface area contributed by atoms with Crippen LogP contribution < -0.4 is 27.4 Å². The Morgan fingerprint density at radius 3 is 2.00 bits per heavy atom. The predicted molar refractivity (Wildman–Crippen MR) is 88.3 cm³/mol. The first kappa shape index (κ1) is 23.3. The quantitative estimate of drug-likeness (QED) is 0.189. The van der Waals surface area contributed by atoms with Gasteiger partial charge >= 0.3 is 5.97 Å². The van der Waals surface area contributed by atoms with Crippen molar-refractivity contribution >= 4 is 29.6 Å². The molecule has 0 aromatic heterocycles. The lowest BCUT2D eigenvalue weighted by atomic mass is 10.1. The third kappa shape index (κ3) is 8.94. The minimum atomic E-state index is -1.41. The Hall–Kier alpha value is -2.73. The third-order valence-electron chi connectivity index (χ3n) is 3.20. The number of nitrogens with two attached hydrogens (primary N) is 2. The molecule has 4 amide bonds. The summed E-state index contributed by atoms with van der Waals surface area (Å²) in [6, 6.07) is -3.63. The highest BCUT2D eigenvalue weighted by Crippen LogP contribution is 2.01. The fraction of sp³-hybridized carbons (Fsp3) is 0.643. The fourth-order valence-electron chi connectivity index (χ4n) is 1.79. The fourth-order valence-corrected chi connectivity index (χ4v) is 1.79. The van der Waals surface area contributed by atoms with E-state index < -0.39 is 60.4 Å². The van der Waals surface area contributed by atoms with Crippen LogP contribution in [0.4, 0.5) is 0 Å². The zero-order chi connectivity index (χ0) is 20.4. The van der Waals surface area contributed by atoms with E-state index in [0.29, 0.717) is 0 Å². The second-order valence-corrected chi connectivity index (χ2v) is 5.69. The first-order chi connectivity index (χ1) is 12.0. The molecule has 0 aromatic carbocycles. The van der Waals surface area contributed by atoms with E-state index in [1.165, 1.54) is 13.8 Å². The van der Waals surface area contributed by atoms with Crippen LogP contribution in [0.3, 0.4) is 0 Å². The number of hydrogen-bond acceptors (Lipinski definition) is 7. The highest BCUT2D eigenvalue weighted by Gasteiger charge is 2.30. The Labute approximate surface area is 149 Å². The number of carbonyl (C=O) groups is 5. The lowest BCUT2D eigenvalue weighted by Crippen LogP contribution is -2.59. The van der Waals surface area contributed by atoms with Gasteiger partial charge in [-0.05, 0) is 20.3 Å². The Balaban J connectivity index is 5.13. The van der Waals surface area contributed by atoms with Gasteiger partial charge in [-0.15, -0.1) is 0 Å². The van der Waals surface area contributed by atoms with Crippen molar-refractivity contribution in [3.05, 3.63) is 0 Å². The maximum Gasteiger partial charge on any atom is 0.322 e. The lowest BCUT2D eigenvalue weighted by Gasteiger charge is -2.25. The molecule has 0 aliphatic carbocycles. The maximum atomic E-state index is 12.3. The highest BCUT2D eigenvalue weighted by atomic mass is 16.4. The summed E-state index contributed by atoms with van der Waals surface area (Å²) in [5.41, 5.74) is 10.4. The minimum absolute atomic E-state index is 0.194.